The minimum atomic E-state index is -3.35. The van der Waals surface area contributed by atoms with Crippen molar-refractivity contribution in [3.63, 3.8) is 0 Å². The van der Waals surface area contributed by atoms with Gasteiger partial charge in [0.25, 0.3) is 5.91 Å². The van der Waals surface area contributed by atoms with E-state index in [1.165, 1.54) is 41.2 Å². The van der Waals surface area contributed by atoms with Crippen molar-refractivity contribution in [3.05, 3.63) is 81.7 Å². The van der Waals surface area contributed by atoms with E-state index < -0.39 is 21.7 Å². The Hall–Kier alpha value is -3.01. The maximum Gasteiger partial charge on any atom is 0.341 e. The summed E-state index contributed by atoms with van der Waals surface area (Å²) in [6.45, 7) is 4.27. The van der Waals surface area contributed by atoms with Crippen LogP contribution in [0.2, 0.25) is 0 Å². The normalized spacial score (nSPS) is 13.8. The number of ether oxygens (including phenoxy) is 1. The van der Waals surface area contributed by atoms with Gasteiger partial charge in [-0.1, -0.05) is 30.3 Å². The molecule has 2 heterocycles. The minimum absolute atomic E-state index is 0.140. The highest BCUT2D eigenvalue weighted by Gasteiger charge is 2.29. The van der Waals surface area contributed by atoms with E-state index in [-0.39, 0.29) is 11.5 Å². The third kappa shape index (κ3) is 5.38. The van der Waals surface area contributed by atoms with Crippen molar-refractivity contribution in [2.45, 2.75) is 31.3 Å². The van der Waals surface area contributed by atoms with Crippen molar-refractivity contribution >= 4 is 38.1 Å². The van der Waals surface area contributed by atoms with E-state index in [1.54, 1.807) is 6.92 Å². The molecule has 0 fully saturated rings. The summed E-state index contributed by atoms with van der Waals surface area (Å²) in [5.41, 5.74) is 2.87. The van der Waals surface area contributed by atoms with Gasteiger partial charge in [0.2, 0.25) is 0 Å². The number of rotatable bonds is 7. The quantitative estimate of drug-likeness (QED) is 0.492. The zero-order valence-electron chi connectivity index (χ0n) is 19.0. The molecule has 0 unspecified atom stereocenters. The number of sulfone groups is 1. The van der Waals surface area contributed by atoms with Crippen molar-refractivity contribution in [2.24, 2.45) is 0 Å². The molecule has 1 amide bonds. The number of thiophene rings is 1. The third-order valence-electron chi connectivity index (χ3n) is 5.64. The number of esters is 1. The van der Waals surface area contributed by atoms with Crippen molar-refractivity contribution in [2.75, 3.05) is 24.7 Å². The van der Waals surface area contributed by atoms with Crippen LogP contribution in [0.25, 0.3) is 0 Å². The molecule has 0 aliphatic carbocycles. The van der Waals surface area contributed by atoms with E-state index >= 15 is 0 Å². The monoisotopic (exact) mass is 498 g/mol. The molecule has 1 aliphatic rings. The smallest absolute Gasteiger partial charge is 0.341 e. The number of amides is 1. The number of anilines is 1. The summed E-state index contributed by atoms with van der Waals surface area (Å²) in [4.78, 5) is 29.2. The van der Waals surface area contributed by atoms with Gasteiger partial charge in [0.05, 0.1) is 17.1 Å². The average molecular weight is 499 g/mol. The molecule has 1 N–H and O–H groups in total. The van der Waals surface area contributed by atoms with Gasteiger partial charge >= 0.3 is 5.97 Å². The zero-order chi connectivity index (χ0) is 24.3. The predicted octanol–water partition coefficient (Wildman–Crippen LogP) is 4.14. The lowest BCUT2D eigenvalue weighted by Gasteiger charge is -2.27. The maximum atomic E-state index is 12.9. The molecule has 4 rings (SSSR count). The number of benzene rings is 2. The summed E-state index contributed by atoms with van der Waals surface area (Å²) >= 11 is 1.39. The van der Waals surface area contributed by atoms with E-state index in [0.717, 1.165) is 29.8 Å². The van der Waals surface area contributed by atoms with Crippen molar-refractivity contribution in [3.8, 4) is 0 Å². The van der Waals surface area contributed by atoms with Gasteiger partial charge < -0.3 is 10.1 Å². The highest BCUT2D eigenvalue weighted by Crippen LogP contribution is 2.38. The summed E-state index contributed by atoms with van der Waals surface area (Å²) in [6.07, 6.45) is 1.80. The number of carbonyl (C=O) groups is 2. The van der Waals surface area contributed by atoms with Crippen molar-refractivity contribution in [1.29, 1.82) is 0 Å². The fraction of sp³-hybridized carbons (Fsp3) is 0.280. The second-order valence-electron chi connectivity index (χ2n) is 8.13. The molecular weight excluding hydrogens is 472 g/mol. The topological polar surface area (TPSA) is 92.8 Å². The molecule has 7 nitrogen and oxygen atoms in total. The summed E-state index contributed by atoms with van der Waals surface area (Å²) in [5, 5.41) is 3.32. The van der Waals surface area contributed by atoms with E-state index in [0.29, 0.717) is 29.1 Å². The van der Waals surface area contributed by atoms with Gasteiger partial charge in [0.15, 0.2) is 9.84 Å². The Morgan fingerprint density at radius 2 is 1.79 bits per heavy atom. The molecule has 0 radical (unpaired) electrons. The molecule has 2 aromatic carbocycles. The molecule has 0 atom stereocenters. The number of carbonyl (C=O) groups excluding carboxylic acids is 2. The van der Waals surface area contributed by atoms with Gasteiger partial charge in [-0.3, -0.25) is 9.69 Å². The highest BCUT2D eigenvalue weighted by molar-refractivity contribution is 7.90. The van der Waals surface area contributed by atoms with Gasteiger partial charge in [-0.15, -0.1) is 11.3 Å². The van der Waals surface area contributed by atoms with Crippen LogP contribution in [0, 0.1) is 0 Å². The van der Waals surface area contributed by atoms with Crippen LogP contribution in [0.15, 0.2) is 59.5 Å². The Morgan fingerprint density at radius 1 is 1.09 bits per heavy atom. The van der Waals surface area contributed by atoms with Crippen LogP contribution in [-0.2, 0) is 34.1 Å². The van der Waals surface area contributed by atoms with Crippen molar-refractivity contribution in [1.82, 2.24) is 4.90 Å². The highest BCUT2D eigenvalue weighted by atomic mass is 32.2. The van der Waals surface area contributed by atoms with Crippen LogP contribution < -0.4 is 5.32 Å². The lowest BCUT2D eigenvalue weighted by molar-refractivity contribution is 0.0526. The predicted molar refractivity (Wildman–Crippen MR) is 132 cm³/mol. The summed E-state index contributed by atoms with van der Waals surface area (Å²) in [5.74, 6) is -0.857. The Morgan fingerprint density at radius 3 is 2.44 bits per heavy atom. The van der Waals surface area contributed by atoms with Crippen LogP contribution in [0.3, 0.4) is 0 Å². The lowest BCUT2D eigenvalue weighted by atomic mass is 10.0. The fourth-order valence-corrected chi connectivity index (χ4v) is 5.87. The minimum Gasteiger partial charge on any atom is -0.462 e. The van der Waals surface area contributed by atoms with Crippen molar-refractivity contribution < 1.29 is 22.7 Å². The number of fused-ring (bicyclic) bond motifs is 1. The summed E-state index contributed by atoms with van der Waals surface area (Å²) < 4.78 is 28.7. The summed E-state index contributed by atoms with van der Waals surface area (Å²) in [6, 6.07) is 15.9. The molecule has 1 aliphatic heterocycles. The van der Waals surface area contributed by atoms with E-state index in [1.807, 2.05) is 18.2 Å². The van der Waals surface area contributed by atoms with Gasteiger partial charge in [-0.25, -0.2) is 13.2 Å². The molecule has 178 valence electrons. The largest absolute Gasteiger partial charge is 0.462 e. The Bertz CT molecular complexity index is 1300. The molecular formula is C25H26N2O5S2. The van der Waals surface area contributed by atoms with Gasteiger partial charge in [-0.2, -0.15) is 0 Å². The lowest BCUT2D eigenvalue weighted by Crippen LogP contribution is -2.29. The first kappa shape index (κ1) is 24.1. The Labute approximate surface area is 203 Å². The first-order valence-electron chi connectivity index (χ1n) is 11.0. The fourth-order valence-electron chi connectivity index (χ4n) is 3.97. The van der Waals surface area contributed by atoms with Gasteiger partial charge in [-0.05, 0) is 48.7 Å². The number of nitrogens with zero attached hydrogens (tertiary/aromatic N) is 1. The van der Waals surface area contributed by atoms with Crippen LogP contribution in [0.4, 0.5) is 5.00 Å². The van der Waals surface area contributed by atoms with Gasteiger partial charge in [0.1, 0.15) is 5.00 Å². The average Bonchev–Trinajstić information content (AvgIpc) is 3.16. The molecule has 0 saturated carbocycles. The Kier molecular flexibility index (Phi) is 7.16. The molecule has 0 saturated heterocycles. The van der Waals surface area contributed by atoms with E-state index in [4.69, 9.17) is 4.74 Å². The van der Waals surface area contributed by atoms with E-state index in [9.17, 15) is 18.0 Å². The number of hydrogen-bond donors (Lipinski definition) is 1. The van der Waals surface area contributed by atoms with E-state index in [2.05, 4.69) is 22.3 Å². The molecule has 9 heteroatoms. The number of hydrogen-bond acceptors (Lipinski definition) is 7. The molecule has 0 bridgehead atoms. The summed E-state index contributed by atoms with van der Waals surface area (Å²) in [7, 11) is -3.35. The second-order valence-corrected chi connectivity index (χ2v) is 11.2. The maximum absolute atomic E-state index is 12.9. The van der Waals surface area contributed by atoms with Crippen LogP contribution in [-0.4, -0.2) is 44.6 Å². The molecule has 0 spiro atoms. The molecule has 34 heavy (non-hydrogen) atoms. The first-order valence-corrected chi connectivity index (χ1v) is 13.7. The van der Waals surface area contributed by atoms with Gasteiger partial charge in [0, 0.05) is 36.3 Å². The second kappa shape index (κ2) is 10.1. The first-order chi connectivity index (χ1) is 16.3. The third-order valence-corrected chi connectivity index (χ3v) is 7.90. The Balaban J connectivity index is 1.58. The molecule has 1 aromatic heterocycles. The SMILES string of the molecule is CCOC(=O)c1c(NC(=O)c2ccc(S(C)(=O)=O)cc2)sc2c1CCN(Cc1ccccc1)C2. The van der Waals surface area contributed by atoms with Crippen LogP contribution in [0.5, 0.6) is 0 Å². The zero-order valence-corrected chi connectivity index (χ0v) is 20.7. The molecule has 3 aromatic rings. The standard InChI is InChI=1S/C25H26N2O5S2/c1-3-32-25(29)22-20-13-14-27(15-17-7-5-4-6-8-17)16-21(20)33-24(22)26-23(28)18-9-11-19(12-10-18)34(2,30)31/h4-12H,3,13-16H2,1-2H3,(H,26,28). The van der Waals surface area contributed by atoms with Crippen LogP contribution >= 0.6 is 11.3 Å². The number of nitrogens with one attached hydrogen (secondary N) is 1. The van der Waals surface area contributed by atoms with Crippen LogP contribution in [0.1, 0.15) is 43.6 Å².